The summed E-state index contributed by atoms with van der Waals surface area (Å²) in [6.07, 6.45) is 5.29. The zero-order chi connectivity index (χ0) is 20.6. The van der Waals surface area contributed by atoms with E-state index < -0.39 is 5.60 Å². The van der Waals surface area contributed by atoms with Gasteiger partial charge in [-0.05, 0) is 63.1 Å². The smallest absolute Gasteiger partial charge is 0.410 e. The van der Waals surface area contributed by atoms with Crippen molar-refractivity contribution in [2.45, 2.75) is 52.3 Å². The molecule has 29 heavy (non-hydrogen) atoms. The van der Waals surface area contributed by atoms with Gasteiger partial charge in [0.25, 0.3) is 0 Å². The summed E-state index contributed by atoms with van der Waals surface area (Å²) >= 11 is 0. The lowest BCUT2D eigenvalue weighted by atomic mass is 10.0. The first-order valence-corrected chi connectivity index (χ1v) is 10.2. The third kappa shape index (κ3) is 4.67. The number of ether oxygens (including phenoxy) is 1. The van der Waals surface area contributed by atoms with Crippen LogP contribution in [0.2, 0.25) is 0 Å². The Balaban J connectivity index is 1.48. The SMILES string of the molecule is CN1CCc2ncc(Nc3cc4c(cn3)CCN(C(=O)OC(C)(C)C)C4)cc2C1. The van der Waals surface area contributed by atoms with Crippen LogP contribution < -0.4 is 5.32 Å². The number of hydrogen-bond acceptors (Lipinski definition) is 6. The standard InChI is InChI=1S/C22H29N5O2/c1-22(2,3)29-21(28)27-8-5-15-11-24-20(10-16(15)14-27)25-18-9-17-13-26(4)7-6-19(17)23-12-18/h9-12H,5-8,13-14H2,1-4H3,(H,24,25). The van der Waals surface area contributed by atoms with E-state index in [1.54, 1.807) is 4.90 Å². The van der Waals surface area contributed by atoms with Gasteiger partial charge in [0.15, 0.2) is 0 Å². The van der Waals surface area contributed by atoms with Crippen LogP contribution in [0.4, 0.5) is 16.3 Å². The molecule has 7 heteroatoms. The zero-order valence-electron chi connectivity index (χ0n) is 17.7. The molecule has 0 aromatic carbocycles. The van der Waals surface area contributed by atoms with E-state index in [4.69, 9.17) is 4.74 Å². The second-order valence-corrected chi connectivity index (χ2v) is 8.93. The quantitative estimate of drug-likeness (QED) is 0.839. The highest BCUT2D eigenvalue weighted by molar-refractivity contribution is 5.69. The van der Waals surface area contributed by atoms with Gasteiger partial charge in [0.2, 0.25) is 0 Å². The van der Waals surface area contributed by atoms with E-state index in [1.807, 2.05) is 39.2 Å². The Bertz CT molecular complexity index is 922. The number of amides is 1. The van der Waals surface area contributed by atoms with Crippen molar-refractivity contribution in [1.82, 2.24) is 19.8 Å². The molecule has 2 aliphatic rings. The molecule has 0 aliphatic carbocycles. The van der Waals surface area contributed by atoms with Gasteiger partial charge in [0.05, 0.1) is 11.9 Å². The lowest BCUT2D eigenvalue weighted by Gasteiger charge is -2.31. The molecule has 0 bridgehead atoms. The minimum Gasteiger partial charge on any atom is -0.444 e. The van der Waals surface area contributed by atoms with Crippen molar-refractivity contribution >= 4 is 17.6 Å². The fourth-order valence-electron chi connectivity index (χ4n) is 3.77. The zero-order valence-corrected chi connectivity index (χ0v) is 17.7. The van der Waals surface area contributed by atoms with Crippen molar-refractivity contribution in [1.29, 1.82) is 0 Å². The number of pyridine rings is 2. The summed E-state index contributed by atoms with van der Waals surface area (Å²) in [5.41, 5.74) is 5.17. The maximum atomic E-state index is 12.4. The van der Waals surface area contributed by atoms with Crippen LogP contribution in [0, 0.1) is 0 Å². The maximum Gasteiger partial charge on any atom is 0.410 e. The van der Waals surface area contributed by atoms with E-state index in [-0.39, 0.29) is 6.09 Å². The van der Waals surface area contributed by atoms with Crippen LogP contribution in [-0.4, -0.2) is 51.6 Å². The Morgan fingerprint density at radius 2 is 1.86 bits per heavy atom. The number of nitrogens with zero attached hydrogens (tertiary/aromatic N) is 4. The molecule has 0 radical (unpaired) electrons. The highest BCUT2D eigenvalue weighted by Crippen LogP contribution is 2.25. The Kier molecular flexibility index (Phi) is 5.17. The average Bonchev–Trinajstić information content (AvgIpc) is 2.66. The normalized spacial score (nSPS) is 16.8. The Hall–Kier alpha value is -2.67. The number of nitrogens with one attached hydrogen (secondary N) is 1. The van der Waals surface area contributed by atoms with Crippen LogP contribution in [0.1, 0.15) is 43.2 Å². The second-order valence-electron chi connectivity index (χ2n) is 8.93. The molecule has 7 nitrogen and oxygen atoms in total. The average molecular weight is 396 g/mol. The topological polar surface area (TPSA) is 70.6 Å². The van der Waals surface area contributed by atoms with E-state index in [0.717, 1.165) is 43.0 Å². The van der Waals surface area contributed by atoms with Crippen molar-refractivity contribution in [3.05, 3.63) is 46.9 Å². The maximum absolute atomic E-state index is 12.4. The van der Waals surface area contributed by atoms with Gasteiger partial charge >= 0.3 is 6.09 Å². The van der Waals surface area contributed by atoms with Crippen molar-refractivity contribution in [2.24, 2.45) is 0 Å². The third-order valence-corrected chi connectivity index (χ3v) is 5.25. The molecule has 0 atom stereocenters. The summed E-state index contributed by atoms with van der Waals surface area (Å²) in [7, 11) is 2.13. The molecule has 0 fully saturated rings. The number of carbonyl (C=O) groups excluding carboxylic acids is 1. The molecule has 1 amide bonds. The molecular formula is C22H29N5O2. The van der Waals surface area contributed by atoms with Gasteiger partial charge in [-0.15, -0.1) is 0 Å². The third-order valence-electron chi connectivity index (χ3n) is 5.25. The molecular weight excluding hydrogens is 366 g/mol. The lowest BCUT2D eigenvalue weighted by Crippen LogP contribution is -2.39. The van der Waals surface area contributed by atoms with Gasteiger partial charge in [-0.25, -0.2) is 9.78 Å². The van der Waals surface area contributed by atoms with Crippen molar-refractivity contribution in [3.63, 3.8) is 0 Å². The first kappa shape index (κ1) is 19.6. The molecule has 4 heterocycles. The van der Waals surface area contributed by atoms with E-state index >= 15 is 0 Å². The molecule has 2 aliphatic heterocycles. The number of carbonyl (C=O) groups is 1. The van der Waals surface area contributed by atoms with Crippen LogP contribution in [0.15, 0.2) is 24.5 Å². The summed E-state index contributed by atoms with van der Waals surface area (Å²) in [5.74, 6) is 0.765. The van der Waals surface area contributed by atoms with Gasteiger partial charge in [0.1, 0.15) is 11.4 Å². The molecule has 4 rings (SSSR count). The van der Waals surface area contributed by atoms with Gasteiger partial charge in [0, 0.05) is 44.5 Å². The lowest BCUT2D eigenvalue weighted by molar-refractivity contribution is 0.0224. The first-order valence-electron chi connectivity index (χ1n) is 10.2. The number of likely N-dealkylation sites (N-methyl/N-ethyl adjacent to an activating group) is 1. The number of rotatable bonds is 2. The second kappa shape index (κ2) is 7.63. The van der Waals surface area contributed by atoms with Crippen LogP contribution in [0.3, 0.4) is 0 Å². The number of hydrogen-bond donors (Lipinski definition) is 1. The first-order chi connectivity index (χ1) is 13.8. The summed E-state index contributed by atoms with van der Waals surface area (Å²) in [6.45, 7) is 8.82. The molecule has 0 saturated heterocycles. The predicted molar refractivity (Wildman–Crippen MR) is 112 cm³/mol. The van der Waals surface area contributed by atoms with Crippen LogP contribution >= 0.6 is 0 Å². The number of anilines is 2. The van der Waals surface area contributed by atoms with Crippen molar-refractivity contribution in [3.8, 4) is 0 Å². The largest absolute Gasteiger partial charge is 0.444 e. The number of fused-ring (bicyclic) bond motifs is 2. The van der Waals surface area contributed by atoms with Crippen molar-refractivity contribution in [2.75, 3.05) is 25.5 Å². The predicted octanol–water partition coefficient (Wildman–Crippen LogP) is 3.50. The minimum atomic E-state index is -0.490. The highest BCUT2D eigenvalue weighted by Gasteiger charge is 2.26. The highest BCUT2D eigenvalue weighted by atomic mass is 16.6. The fraction of sp³-hybridized carbons (Fsp3) is 0.500. The van der Waals surface area contributed by atoms with Crippen LogP contribution in [-0.2, 0) is 30.7 Å². The monoisotopic (exact) mass is 395 g/mol. The molecule has 1 N–H and O–H groups in total. The summed E-state index contributed by atoms with van der Waals surface area (Å²) in [5, 5.41) is 3.37. The molecule has 0 unspecified atom stereocenters. The van der Waals surface area contributed by atoms with Gasteiger partial charge in [-0.1, -0.05) is 0 Å². The molecule has 154 valence electrons. The van der Waals surface area contributed by atoms with Gasteiger partial charge < -0.3 is 19.9 Å². The van der Waals surface area contributed by atoms with Crippen molar-refractivity contribution < 1.29 is 9.53 Å². The van der Waals surface area contributed by atoms with Crippen LogP contribution in [0.25, 0.3) is 0 Å². The Labute approximate surface area is 172 Å². The van der Waals surface area contributed by atoms with Crippen LogP contribution in [0.5, 0.6) is 0 Å². The Morgan fingerprint density at radius 3 is 2.66 bits per heavy atom. The van der Waals surface area contributed by atoms with E-state index in [1.165, 1.54) is 16.8 Å². The molecule has 2 aromatic heterocycles. The van der Waals surface area contributed by atoms with E-state index in [9.17, 15) is 4.79 Å². The van der Waals surface area contributed by atoms with Gasteiger partial charge in [-0.2, -0.15) is 0 Å². The molecule has 0 saturated carbocycles. The molecule has 0 spiro atoms. The molecule has 2 aromatic rings. The minimum absolute atomic E-state index is 0.266. The van der Waals surface area contributed by atoms with Gasteiger partial charge in [-0.3, -0.25) is 4.98 Å². The summed E-state index contributed by atoms with van der Waals surface area (Å²) in [4.78, 5) is 25.7. The summed E-state index contributed by atoms with van der Waals surface area (Å²) in [6, 6.07) is 4.18. The van der Waals surface area contributed by atoms with E-state index in [0.29, 0.717) is 13.1 Å². The Morgan fingerprint density at radius 1 is 1.03 bits per heavy atom. The summed E-state index contributed by atoms with van der Waals surface area (Å²) < 4.78 is 5.52. The fourth-order valence-corrected chi connectivity index (χ4v) is 3.77. The van der Waals surface area contributed by atoms with E-state index in [2.05, 4.69) is 33.3 Å². The number of aromatic nitrogens is 2.